The van der Waals surface area contributed by atoms with Crippen molar-refractivity contribution in [2.24, 2.45) is 0 Å². The van der Waals surface area contributed by atoms with Gasteiger partial charge in [-0.25, -0.2) is 36.3 Å². The first-order valence-corrected chi connectivity index (χ1v) is 19.1. The van der Waals surface area contributed by atoms with Crippen LogP contribution in [0.5, 0.6) is 0 Å². The molecule has 10 rings (SSSR count). The zero-order valence-electron chi connectivity index (χ0n) is 31.8. The van der Waals surface area contributed by atoms with E-state index in [0.717, 1.165) is 48.9 Å². The lowest BCUT2D eigenvalue weighted by Gasteiger charge is -2.09. The fourth-order valence-corrected chi connectivity index (χ4v) is 7.08. The molecule has 0 spiro atoms. The monoisotopic (exact) mass is 840 g/mol. The number of aryl methyl sites for hydroxylation is 2. The number of imidazole rings is 2. The highest BCUT2D eigenvalue weighted by molar-refractivity contribution is 6.59. The Balaban J connectivity index is 0.000000137. The quantitative estimate of drug-likeness (QED) is 0.126. The van der Waals surface area contributed by atoms with Gasteiger partial charge in [0.15, 0.2) is 28.4 Å². The third kappa shape index (κ3) is 8.46. The topological polar surface area (TPSA) is 128 Å². The fourth-order valence-electron chi connectivity index (χ4n) is 6.92. The molecule has 60 heavy (non-hydrogen) atoms. The van der Waals surface area contributed by atoms with E-state index in [1.165, 1.54) is 42.5 Å². The smallest absolute Gasteiger partial charge is 0.423 e. The molecule has 2 N–H and O–H groups in total. The van der Waals surface area contributed by atoms with Crippen LogP contribution >= 0.6 is 11.6 Å². The van der Waals surface area contributed by atoms with Crippen molar-refractivity contribution in [1.29, 1.82) is 0 Å². The second kappa shape index (κ2) is 16.5. The van der Waals surface area contributed by atoms with Crippen LogP contribution in [0.4, 0.5) is 26.3 Å². The van der Waals surface area contributed by atoms with E-state index in [2.05, 4.69) is 30.4 Å². The van der Waals surface area contributed by atoms with E-state index in [-0.39, 0.29) is 28.9 Å². The van der Waals surface area contributed by atoms with Gasteiger partial charge in [-0.05, 0) is 98.6 Å². The highest BCUT2D eigenvalue weighted by atomic mass is 35.5. The van der Waals surface area contributed by atoms with Gasteiger partial charge in [0.05, 0.1) is 40.2 Å². The van der Waals surface area contributed by atoms with Gasteiger partial charge in [-0.1, -0.05) is 17.7 Å². The number of fused-ring (bicyclic) bond motifs is 2. The first-order chi connectivity index (χ1) is 28.7. The van der Waals surface area contributed by atoms with Crippen LogP contribution in [0.25, 0.3) is 56.1 Å². The Kier molecular flexibility index (Phi) is 11.1. The predicted octanol–water partition coefficient (Wildman–Crippen LogP) is 8.79. The molecule has 4 aromatic heterocycles. The van der Waals surface area contributed by atoms with Gasteiger partial charge in [-0.2, -0.15) is 15.3 Å². The lowest BCUT2D eigenvalue weighted by molar-refractivity contribution is 0.425. The molecule has 0 atom stereocenters. The van der Waals surface area contributed by atoms with Crippen LogP contribution in [0.1, 0.15) is 48.9 Å². The minimum absolute atomic E-state index is 0.203. The molecule has 0 amide bonds. The number of nitrogens with zero attached hydrogens (tertiary/aromatic N) is 8. The molecule has 0 aliphatic heterocycles. The van der Waals surface area contributed by atoms with Gasteiger partial charge in [0.2, 0.25) is 0 Å². The number of rotatable bonds is 6. The van der Waals surface area contributed by atoms with Crippen molar-refractivity contribution >= 4 is 46.2 Å². The average molecular weight is 841 g/mol. The third-order valence-corrected chi connectivity index (χ3v) is 10.2. The molecule has 0 unspecified atom stereocenters. The lowest BCUT2D eigenvalue weighted by atomic mass is 9.77. The van der Waals surface area contributed by atoms with E-state index in [1.807, 2.05) is 15.2 Å². The van der Waals surface area contributed by atoms with Crippen molar-refractivity contribution in [3.63, 3.8) is 0 Å². The Morgan fingerprint density at radius 2 is 1.08 bits per heavy atom. The van der Waals surface area contributed by atoms with E-state index in [9.17, 15) is 26.3 Å². The maximum absolute atomic E-state index is 13.8. The summed E-state index contributed by atoms with van der Waals surface area (Å²) in [5.41, 5.74) is 6.31. The molecule has 2 aliphatic rings. The molecule has 0 radical (unpaired) electrons. The van der Waals surface area contributed by atoms with Crippen molar-refractivity contribution in [3.05, 3.63) is 136 Å². The minimum atomic E-state index is -1.52. The first kappa shape index (κ1) is 40.6. The summed E-state index contributed by atoms with van der Waals surface area (Å²) in [6.07, 6.45) is 7.01. The van der Waals surface area contributed by atoms with Crippen molar-refractivity contribution < 1.29 is 36.4 Å². The number of hydrogen-bond donors (Lipinski definition) is 2. The molecule has 8 aromatic rings. The van der Waals surface area contributed by atoms with Gasteiger partial charge in [0.25, 0.3) is 0 Å². The van der Waals surface area contributed by atoms with Gasteiger partial charge >= 0.3 is 7.12 Å². The minimum Gasteiger partial charge on any atom is -0.423 e. The molecule has 2 aliphatic carbocycles. The predicted molar refractivity (Wildman–Crippen MR) is 214 cm³/mol. The van der Waals surface area contributed by atoms with Gasteiger partial charge < -0.3 is 19.2 Å². The number of aromatic nitrogens is 8. The SMILES string of the molecule is Cc1cc(F)ccc1-c1cc(-c2nc3cc(F)c(F)cc3n2C2CC2)cnn1.Cc1cc(F)ccc1B(O)O.Fc1cc2nc(-c3cnnc(Cl)c3)n(C3CC3)c2cc1F. The lowest BCUT2D eigenvalue weighted by Crippen LogP contribution is -2.31. The van der Waals surface area contributed by atoms with E-state index >= 15 is 0 Å². The fraction of sp³-hybridized carbons (Fsp3) is 0.190. The van der Waals surface area contributed by atoms with Crippen molar-refractivity contribution in [1.82, 2.24) is 39.5 Å². The maximum Gasteiger partial charge on any atom is 0.488 e. The largest absolute Gasteiger partial charge is 0.488 e. The Labute approximate surface area is 343 Å². The first-order valence-electron chi connectivity index (χ1n) is 18.7. The molecular weight excluding hydrogens is 809 g/mol. The van der Waals surface area contributed by atoms with Crippen molar-refractivity contribution in [2.45, 2.75) is 51.6 Å². The molecule has 4 aromatic carbocycles. The van der Waals surface area contributed by atoms with Crippen LogP contribution in [0.2, 0.25) is 5.15 Å². The molecule has 2 fully saturated rings. The Bertz CT molecular complexity index is 2920. The van der Waals surface area contributed by atoms with Crippen LogP contribution in [-0.4, -0.2) is 56.7 Å². The Morgan fingerprint density at radius 1 is 0.600 bits per heavy atom. The number of benzene rings is 4. The van der Waals surface area contributed by atoms with Gasteiger partial charge in [-0.3, -0.25) is 0 Å². The van der Waals surface area contributed by atoms with E-state index < -0.39 is 30.4 Å². The average Bonchev–Trinajstić information content (AvgIpc) is 4.15. The van der Waals surface area contributed by atoms with Gasteiger partial charge in [0, 0.05) is 53.0 Å². The van der Waals surface area contributed by atoms with Gasteiger partial charge in [-0.15, -0.1) is 5.10 Å². The van der Waals surface area contributed by atoms with Crippen LogP contribution in [0.3, 0.4) is 0 Å². The Hall–Kier alpha value is -6.17. The summed E-state index contributed by atoms with van der Waals surface area (Å²) < 4.78 is 84.2. The third-order valence-electron chi connectivity index (χ3n) is 10.1. The van der Waals surface area contributed by atoms with Crippen LogP contribution in [0, 0.1) is 48.8 Å². The van der Waals surface area contributed by atoms with E-state index in [0.29, 0.717) is 61.6 Å². The summed E-state index contributed by atoms with van der Waals surface area (Å²) in [6, 6.07) is 16.8. The second-order valence-electron chi connectivity index (χ2n) is 14.5. The number of hydrogen-bond acceptors (Lipinski definition) is 8. The van der Waals surface area contributed by atoms with Crippen molar-refractivity contribution in [2.75, 3.05) is 0 Å². The second-order valence-corrected chi connectivity index (χ2v) is 14.9. The molecule has 0 bridgehead atoms. The molecule has 2 saturated carbocycles. The zero-order chi connectivity index (χ0) is 42.4. The molecule has 10 nitrogen and oxygen atoms in total. The van der Waals surface area contributed by atoms with E-state index in [4.69, 9.17) is 21.6 Å². The molecular formula is C42H32BClF6N8O2. The maximum atomic E-state index is 13.8. The summed E-state index contributed by atoms with van der Waals surface area (Å²) >= 11 is 5.86. The molecule has 18 heteroatoms. The van der Waals surface area contributed by atoms with Gasteiger partial charge in [0.1, 0.15) is 23.3 Å². The van der Waals surface area contributed by atoms with E-state index in [1.54, 1.807) is 38.4 Å². The molecule has 4 heterocycles. The highest BCUT2D eigenvalue weighted by Gasteiger charge is 2.31. The highest BCUT2D eigenvalue weighted by Crippen LogP contribution is 2.43. The summed E-state index contributed by atoms with van der Waals surface area (Å²) in [5, 5.41) is 33.5. The summed E-state index contributed by atoms with van der Waals surface area (Å²) in [7, 11) is -1.52. The summed E-state index contributed by atoms with van der Waals surface area (Å²) in [4.78, 5) is 8.96. The van der Waals surface area contributed by atoms with Crippen LogP contribution in [-0.2, 0) is 0 Å². The van der Waals surface area contributed by atoms with Crippen molar-refractivity contribution in [3.8, 4) is 34.0 Å². The molecule has 0 saturated heterocycles. The summed E-state index contributed by atoms with van der Waals surface area (Å²) in [5.74, 6) is -3.07. The van der Waals surface area contributed by atoms with Crippen LogP contribution < -0.4 is 5.46 Å². The van der Waals surface area contributed by atoms with Crippen LogP contribution in [0.15, 0.2) is 85.2 Å². The standard InChI is InChI=1S/C21H15F3N4.C14H9ClF2N4.C7H8BFO2/c1-11-6-13(22)2-5-15(11)18-7-12(10-25-27-18)21-26-19-8-16(23)17(24)9-20(19)28(21)14-3-4-14;15-13-3-7(6-18-20-13)14-19-11-4-9(16)10(17)5-12(11)21(14)8-1-2-8;1-5-4-6(9)2-3-7(5)8(10)11/h2,5-10,14H,3-4H2,1H3;3-6,8H,1-2H2;2-4,10-11H,1H3. The molecule has 304 valence electrons. The normalized spacial score (nSPS) is 13.5. The number of halogens is 7. The zero-order valence-corrected chi connectivity index (χ0v) is 32.5. The Morgan fingerprint density at radius 3 is 1.57 bits per heavy atom. The summed E-state index contributed by atoms with van der Waals surface area (Å²) in [6.45, 7) is 3.43.